The summed E-state index contributed by atoms with van der Waals surface area (Å²) in [7, 11) is 0. The smallest absolute Gasteiger partial charge is 0.0991 e. The van der Waals surface area contributed by atoms with Crippen LogP contribution in [0.25, 0.3) is 99.4 Å². The van der Waals surface area contributed by atoms with Crippen LogP contribution in [0, 0.1) is 18.3 Å². The summed E-state index contributed by atoms with van der Waals surface area (Å²) in [6.45, 7) is 2.14. The lowest BCUT2D eigenvalue weighted by Gasteiger charge is -2.27. The number of anilines is 3. The molecule has 0 unspecified atom stereocenters. The molecule has 0 atom stereocenters. The van der Waals surface area contributed by atoms with E-state index in [2.05, 4.69) is 236 Å². The molecule has 1 aliphatic carbocycles. The van der Waals surface area contributed by atoms with Gasteiger partial charge in [0, 0.05) is 17.1 Å². The van der Waals surface area contributed by atoms with Gasteiger partial charge in [0.05, 0.1) is 11.6 Å². The van der Waals surface area contributed by atoms with Gasteiger partial charge >= 0.3 is 0 Å². The first-order valence-electron chi connectivity index (χ1n) is 22.6. The molecule has 0 amide bonds. The van der Waals surface area contributed by atoms with Gasteiger partial charge in [0.25, 0.3) is 0 Å². The van der Waals surface area contributed by atoms with E-state index < -0.39 is 0 Å². The van der Waals surface area contributed by atoms with Gasteiger partial charge in [-0.3, -0.25) is 0 Å². The highest BCUT2D eigenvalue weighted by molar-refractivity contribution is 6.28. The number of benzene rings is 11. The first-order chi connectivity index (χ1) is 32.6. The summed E-state index contributed by atoms with van der Waals surface area (Å²) in [5.41, 5.74) is 21.7. The van der Waals surface area contributed by atoms with Gasteiger partial charge in [0.2, 0.25) is 0 Å². The summed E-state index contributed by atoms with van der Waals surface area (Å²) < 4.78 is 0. The molecule has 0 fully saturated rings. The fourth-order valence-corrected chi connectivity index (χ4v) is 10.4. The molecule has 0 saturated carbocycles. The lowest BCUT2D eigenvalue weighted by atomic mass is 9.82. The highest BCUT2D eigenvalue weighted by Crippen LogP contribution is 2.58. The number of para-hydroxylation sites is 1. The molecule has 0 N–H and O–H groups in total. The Kier molecular flexibility index (Phi) is 9.48. The van der Waals surface area contributed by atoms with Crippen LogP contribution in [-0.4, -0.2) is 0 Å². The average molecular weight is 839 g/mol. The Hall–Kier alpha value is -8.77. The zero-order valence-corrected chi connectivity index (χ0v) is 36.4. The van der Waals surface area contributed by atoms with Gasteiger partial charge in [0.15, 0.2) is 0 Å². The average Bonchev–Trinajstić information content (AvgIpc) is 3.71. The number of nitriles is 1. The van der Waals surface area contributed by atoms with Crippen LogP contribution in [0.5, 0.6) is 0 Å². The second kappa shape index (κ2) is 16.1. The molecule has 12 rings (SSSR count). The lowest BCUT2D eigenvalue weighted by molar-refractivity contribution is 1.28. The molecular formula is C64H42N2. The minimum absolute atomic E-state index is 0.636. The van der Waals surface area contributed by atoms with E-state index >= 15 is 0 Å². The fourth-order valence-electron chi connectivity index (χ4n) is 10.4. The molecule has 0 saturated heterocycles. The Labute approximate surface area is 385 Å². The van der Waals surface area contributed by atoms with E-state index in [1.165, 1.54) is 77.2 Å². The molecule has 0 radical (unpaired) electrons. The molecule has 0 bridgehead atoms. The number of rotatable bonds is 8. The van der Waals surface area contributed by atoms with Crippen LogP contribution < -0.4 is 4.90 Å². The maximum absolute atomic E-state index is 9.88. The highest BCUT2D eigenvalue weighted by atomic mass is 15.1. The van der Waals surface area contributed by atoms with Gasteiger partial charge in [-0.05, 0) is 161 Å². The van der Waals surface area contributed by atoms with Crippen molar-refractivity contribution in [2.75, 3.05) is 4.90 Å². The molecule has 2 nitrogen and oxygen atoms in total. The number of nitrogens with zero attached hydrogens (tertiary/aromatic N) is 2. The molecule has 2 heteroatoms. The summed E-state index contributed by atoms with van der Waals surface area (Å²) in [6, 6.07) is 87.7. The van der Waals surface area contributed by atoms with Gasteiger partial charge in [-0.25, -0.2) is 0 Å². The molecule has 0 aliphatic heterocycles. The minimum Gasteiger partial charge on any atom is -0.310 e. The first-order valence-corrected chi connectivity index (χ1v) is 22.6. The molecule has 11 aromatic carbocycles. The van der Waals surface area contributed by atoms with Crippen LogP contribution in [0.3, 0.4) is 0 Å². The first kappa shape index (κ1) is 38.9. The maximum atomic E-state index is 9.88. The topological polar surface area (TPSA) is 27.0 Å². The van der Waals surface area contributed by atoms with Crippen molar-refractivity contribution >= 4 is 38.6 Å². The van der Waals surface area contributed by atoms with Crippen molar-refractivity contribution in [3.63, 3.8) is 0 Å². The van der Waals surface area contributed by atoms with Crippen molar-refractivity contribution in [2.45, 2.75) is 6.92 Å². The van der Waals surface area contributed by atoms with Crippen molar-refractivity contribution in [2.24, 2.45) is 0 Å². The van der Waals surface area contributed by atoms with E-state index in [0.717, 1.165) is 44.9 Å². The van der Waals surface area contributed by atoms with E-state index in [0.29, 0.717) is 5.56 Å². The zero-order chi connectivity index (χ0) is 44.1. The molecule has 11 aromatic rings. The summed E-state index contributed by atoms with van der Waals surface area (Å²) in [5, 5.41) is 14.9. The Morgan fingerprint density at radius 1 is 0.318 bits per heavy atom. The summed E-state index contributed by atoms with van der Waals surface area (Å²) in [6.07, 6.45) is 0. The van der Waals surface area contributed by atoms with Crippen molar-refractivity contribution < 1.29 is 0 Å². The van der Waals surface area contributed by atoms with Crippen molar-refractivity contribution in [1.29, 1.82) is 5.26 Å². The Balaban J connectivity index is 1.07. The SMILES string of the molecule is Cc1cccc(-c2cc(-c3cccc(C#N)c3)cc(N(c3ccccc3)c3cccc(-c4ccc5c6c(cccc46)-c4c-5c(-c5ccccc5)c5ccccc5c4-c4ccccc4)c3)c2)c1. The van der Waals surface area contributed by atoms with E-state index in [4.69, 9.17) is 0 Å². The molecular weight excluding hydrogens is 797 g/mol. The molecule has 1 aliphatic rings. The van der Waals surface area contributed by atoms with Crippen LogP contribution >= 0.6 is 0 Å². The zero-order valence-electron chi connectivity index (χ0n) is 36.4. The molecule has 0 aromatic heterocycles. The monoisotopic (exact) mass is 838 g/mol. The number of fused-ring (bicyclic) bond motifs is 4. The fraction of sp³-hybridized carbons (Fsp3) is 0.0156. The minimum atomic E-state index is 0.636. The largest absolute Gasteiger partial charge is 0.310 e. The molecule has 0 heterocycles. The molecule has 308 valence electrons. The molecule has 66 heavy (non-hydrogen) atoms. The molecule has 0 spiro atoms. The van der Waals surface area contributed by atoms with E-state index in [-0.39, 0.29) is 0 Å². The second-order valence-electron chi connectivity index (χ2n) is 17.2. The normalized spacial score (nSPS) is 11.4. The van der Waals surface area contributed by atoms with Gasteiger partial charge in [-0.1, -0.05) is 188 Å². The van der Waals surface area contributed by atoms with Crippen molar-refractivity contribution in [3.05, 3.63) is 248 Å². The van der Waals surface area contributed by atoms with Crippen molar-refractivity contribution in [3.8, 4) is 84.0 Å². The number of hydrogen-bond acceptors (Lipinski definition) is 2. The van der Waals surface area contributed by atoms with Crippen molar-refractivity contribution in [1.82, 2.24) is 0 Å². The van der Waals surface area contributed by atoms with E-state index in [1.54, 1.807) is 0 Å². The van der Waals surface area contributed by atoms with Crippen LogP contribution in [-0.2, 0) is 0 Å². The lowest BCUT2D eigenvalue weighted by Crippen LogP contribution is -2.10. The van der Waals surface area contributed by atoms with Gasteiger partial charge in [-0.2, -0.15) is 5.26 Å². The standard InChI is InChI=1S/C64H42N2/c1-42-17-13-23-46(35-42)49-37-50(47-24-14-18-43(36-47)41-65)40-53(39-49)66(51-26-9-4-10-27-51)52-28-15-25-48(38-52)54-33-34-59-62-55(54)31-16-32-58(62)63-60(44-19-5-2-6-20-44)56-29-11-12-30-57(56)61(64(59)63)45-21-7-3-8-22-45/h2-40H,1H3. The Morgan fingerprint density at radius 3 is 1.45 bits per heavy atom. The third-order valence-electron chi connectivity index (χ3n) is 13.2. The second-order valence-corrected chi connectivity index (χ2v) is 17.2. The Bertz CT molecular complexity index is 3620. The van der Waals surface area contributed by atoms with Crippen LogP contribution in [0.2, 0.25) is 0 Å². The quantitative estimate of drug-likeness (QED) is 0.152. The number of aryl methyl sites for hydroxylation is 1. The maximum Gasteiger partial charge on any atom is 0.0991 e. The van der Waals surface area contributed by atoms with E-state index in [1.807, 2.05) is 18.2 Å². The predicted molar refractivity (Wildman–Crippen MR) is 277 cm³/mol. The van der Waals surface area contributed by atoms with E-state index in [9.17, 15) is 5.26 Å². The van der Waals surface area contributed by atoms with Crippen LogP contribution in [0.15, 0.2) is 237 Å². The highest BCUT2D eigenvalue weighted by Gasteiger charge is 2.31. The predicted octanol–water partition coefficient (Wildman–Crippen LogP) is 17.6. The Morgan fingerprint density at radius 2 is 0.803 bits per heavy atom. The summed E-state index contributed by atoms with van der Waals surface area (Å²) in [5.74, 6) is 0. The summed E-state index contributed by atoms with van der Waals surface area (Å²) >= 11 is 0. The van der Waals surface area contributed by atoms with Crippen LogP contribution in [0.4, 0.5) is 17.1 Å². The van der Waals surface area contributed by atoms with Crippen LogP contribution in [0.1, 0.15) is 11.1 Å². The third-order valence-corrected chi connectivity index (χ3v) is 13.2. The number of hydrogen-bond donors (Lipinski definition) is 0. The van der Waals surface area contributed by atoms with Gasteiger partial charge in [-0.15, -0.1) is 0 Å². The van der Waals surface area contributed by atoms with Gasteiger partial charge < -0.3 is 4.90 Å². The van der Waals surface area contributed by atoms with Gasteiger partial charge in [0.1, 0.15) is 0 Å². The summed E-state index contributed by atoms with van der Waals surface area (Å²) in [4.78, 5) is 2.36. The third kappa shape index (κ3) is 6.57.